The summed E-state index contributed by atoms with van der Waals surface area (Å²) in [5.41, 5.74) is 0.747. The molecule has 2 rings (SSSR count). The maximum atomic E-state index is 12.0. The zero-order valence-corrected chi connectivity index (χ0v) is 13.1. The molecule has 1 heterocycles. The van der Waals surface area contributed by atoms with Gasteiger partial charge in [0.2, 0.25) is 0 Å². The second-order valence-corrected chi connectivity index (χ2v) is 5.51. The van der Waals surface area contributed by atoms with Crippen LogP contribution in [-0.4, -0.2) is 12.6 Å². The first kappa shape index (κ1) is 15.4. The van der Waals surface area contributed by atoms with Gasteiger partial charge in [-0.25, -0.2) is 4.79 Å². The molecule has 4 nitrogen and oxygen atoms in total. The second kappa shape index (κ2) is 7.69. The summed E-state index contributed by atoms with van der Waals surface area (Å²) >= 11 is 1.65. The number of ether oxygens (including phenoxy) is 1. The van der Waals surface area contributed by atoms with Crippen LogP contribution in [0.5, 0.6) is 5.75 Å². The molecule has 2 amide bonds. The van der Waals surface area contributed by atoms with Crippen molar-refractivity contribution in [3.8, 4) is 5.75 Å². The minimum absolute atomic E-state index is 0.0488. The minimum Gasteiger partial charge on any atom is -0.494 e. The summed E-state index contributed by atoms with van der Waals surface area (Å²) in [4.78, 5) is 13.2. The summed E-state index contributed by atoms with van der Waals surface area (Å²) in [6.45, 7) is 4.63. The van der Waals surface area contributed by atoms with Crippen molar-refractivity contribution in [3.05, 3.63) is 46.7 Å². The SMILES string of the molecule is CCOc1ccc(NC(=O)NC(CC)c2cccs2)cc1. The van der Waals surface area contributed by atoms with Crippen molar-refractivity contribution in [1.29, 1.82) is 0 Å². The molecule has 0 aliphatic heterocycles. The molecule has 2 aromatic rings. The van der Waals surface area contributed by atoms with Gasteiger partial charge in [0.05, 0.1) is 12.6 Å². The van der Waals surface area contributed by atoms with Gasteiger partial charge in [-0.3, -0.25) is 0 Å². The van der Waals surface area contributed by atoms with Gasteiger partial charge in [0, 0.05) is 10.6 Å². The summed E-state index contributed by atoms with van der Waals surface area (Å²) in [5.74, 6) is 0.800. The normalized spacial score (nSPS) is 11.7. The van der Waals surface area contributed by atoms with Crippen LogP contribution in [0.1, 0.15) is 31.2 Å². The van der Waals surface area contributed by atoms with Crippen molar-refractivity contribution in [3.63, 3.8) is 0 Å². The largest absolute Gasteiger partial charge is 0.494 e. The zero-order chi connectivity index (χ0) is 15.1. The van der Waals surface area contributed by atoms with Crippen molar-refractivity contribution in [2.45, 2.75) is 26.3 Å². The van der Waals surface area contributed by atoms with Gasteiger partial charge in [-0.15, -0.1) is 11.3 Å². The predicted molar refractivity (Wildman–Crippen MR) is 87.1 cm³/mol. The Labute approximate surface area is 129 Å². The molecule has 0 bridgehead atoms. The predicted octanol–water partition coefficient (Wildman–Crippen LogP) is 4.42. The van der Waals surface area contributed by atoms with E-state index in [1.807, 2.05) is 48.7 Å². The van der Waals surface area contributed by atoms with E-state index in [1.54, 1.807) is 11.3 Å². The van der Waals surface area contributed by atoms with Gasteiger partial charge in [0.1, 0.15) is 5.75 Å². The Morgan fingerprint density at radius 2 is 2.00 bits per heavy atom. The average molecular weight is 304 g/mol. The Hall–Kier alpha value is -2.01. The number of benzene rings is 1. The number of urea groups is 1. The third kappa shape index (κ3) is 4.49. The average Bonchev–Trinajstić information content (AvgIpc) is 3.01. The smallest absolute Gasteiger partial charge is 0.319 e. The molecule has 0 radical (unpaired) electrons. The second-order valence-electron chi connectivity index (χ2n) is 4.53. The lowest BCUT2D eigenvalue weighted by atomic mass is 10.2. The Balaban J connectivity index is 1.91. The topological polar surface area (TPSA) is 50.4 Å². The van der Waals surface area contributed by atoms with Crippen LogP contribution in [0, 0.1) is 0 Å². The summed E-state index contributed by atoms with van der Waals surface area (Å²) in [6.07, 6.45) is 0.858. The zero-order valence-electron chi connectivity index (χ0n) is 12.3. The number of rotatable bonds is 6. The van der Waals surface area contributed by atoms with Crippen molar-refractivity contribution < 1.29 is 9.53 Å². The van der Waals surface area contributed by atoms with E-state index in [4.69, 9.17) is 4.74 Å². The van der Waals surface area contributed by atoms with E-state index in [9.17, 15) is 4.79 Å². The molecule has 1 aromatic carbocycles. The fourth-order valence-electron chi connectivity index (χ4n) is 1.99. The number of carbonyl (C=O) groups excluding carboxylic acids is 1. The van der Waals surface area contributed by atoms with Gasteiger partial charge in [0.25, 0.3) is 0 Å². The number of amides is 2. The molecule has 112 valence electrons. The Morgan fingerprint density at radius 1 is 1.24 bits per heavy atom. The van der Waals surface area contributed by atoms with Gasteiger partial charge in [0.15, 0.2) is 0 Å². The summed E-state index contributed by atoms with van der Waals surface area (Å²) < 4.78 is 5.37. The molecule has 0 aliphatic rings. The maximum Gasteiger partial charge on any atom is 0.319 e. The van der Waals surface area contributed by atoms with Crippen LogP contribution in [0.4, 0.5) is 10.5 Å². The van der Waals surface area contributed by atoms with Crippen LogP contribution >= 0.6 is 11.3 Å². The first-order valence-electron chi connectivity index (χ1n) is 7.06. The Morgan fingerprint density at radius 3 is 2.57 bits per heavy atom. The van der Waals surface area contributed by atoms with E-state index in [2.05, 4.69) is 17.6 Å². The molecule has 0 saturated carbocycles. The van der Waals surface area contributed by atoms with E-state index in [-0.39, 0.29) is 12.1 Å². The number of carbonyl (C=O) groups is 1. The Kier molecular flexibility index (Phi) is 5.63. The van der Waals surface area contributed by atoms with Crippen LogP contribution in [0.3, 0.4) is 0 Å². The van der Waals surface area contributed by atoms with Gasteiger partial charge in [-0.05, 0) is 49.1 Å². The van der Waals surface area contributed by atoms with E-state index >= 15 is 0 Å². The van der Waals surface area contributed by atoms with Crippen LogP contribution in [0.2, 0.25) is 0 Å². The quantitative estimate of drug-likeness (QED) is 0.830. The molecule has 5 heteroatoms. The van der Waals surface area contributed by atoms with Crippen molar-refractivity contribution >= 4 is 23.1 Å². The molecule has 0 spiro atoms. The highest BCUT2D eigenvalue weighted by atomic mass is 32.1. The molecular weight excluding hydrogens is 284 g/mol. The number of hydrogen-bond acceptors (Lipinski definition) is 3. The molecule has 1 unspecified atom stereocenters. The highest BCUT2D eigenvalue weighted by Gasteiger charge is 2.13. The molecule has 1 aromatic heterocycles. The van der Waals surface area contributed by atoms with Gasteiger partial charge in [-0.2, -0.15) is 0 Å². The third-order valence-electron chi connectivity index (χ3n) is 3.02. The summed E-state index contributed by atoms with van der Waals surface area (Å²) in [6, 6.07) is 11.2. The monoisotopic (exact) mass is 304 g/mol. The van der Waals surface area contributed by atoms with E-state index in [0.29, 0.717) is 6.61 Å². The van der Waals surface area contributed by atoms with E-state index < -0.39 is 0 Å². The lowest BCUT2D eigenvalue weighted by molar-refractivity contribution is 0.248. The van der Waals surface area contributed by atoms with Crippen LogP contribution < -0.4 is 15.4 Å². The number of thiophene rings is 1. The molecule has 0 saturated heterocycles. The standard InChI is InChI=1S/C16H20N2O2S/c1-3-14(15-6-5-11-21-15)18-16(19)17-12-7-9-13(10-8-12)20-4-2/h5-11,14H,3-4H2,1-2H3,(H2,17,18,19). The summed E-state index contributed by atoms with van der Waals surface area (Å²) in [7, 11) is 0. The molecule has 0 fully saturated rings. The van der Waals surface area contributed by atoms with Crippen LogP contribution in [0.25, 0.3) is 0 Å². The van der Waals surface area contributed by atoms with Crippen LogP contribution in [-0.2, 0) is 0 Å². The van der Waals surface area contributed by atoms with Gasteiger partial charge >= 0.3 is 6.03 Å². The molecule has 0 aliphatic carbocycles. The fraction of sp³-hybridized carbons (Fsp3) is 0.312. The number of hydrogen-bond donors (Lipinski definition) is 2. The first-order chi connectivity index (χ1) is 10.2. The van der Waals surface area contributed by atoms with Crippen molar-refractivity contribution in [1.82, 2.24) is 5.32 Å². The molecular formula is C16H20N2O2S. The summed E-state index contributed by atoms with van der Waals surface area (Å²) in [5, 5.41) is 7.84. The minimum atomic E-state index is -0.195. The number of anilines is 1. The fourth-order valence-corrected chi connectivity index (χ4v) is 2.85. The highest BCUT2D eigenvalue weighted by molar-refractivity contribution is 7.10. The lowest BCUT2D eigenvalue weighted by Crippen LogP contribution is -2.31. The highest BCUT2D eigenvalue weighted by Crippen LogP contribution is 2.22. The van der Waals surface area contributed by atoms with Crippen LogP contribution in [0.15, 0.2) is 41.8 Å². The lowest BCUT2D eigenvalue weighted by Gasteiger charge is -2.16. The van der Waals surface area contributed by atoms with E-state index in [0.717, 1.165) is 17.9 Å². The molecule has 21 heavy (non-hydrogen) atoms. The number of nitrogens with one attached hydrogen (secondary N) is 2. The molecule has 2 N–H and O–H groups in total. The first-order valence-corrected chi connectivity index (χ1v) is 7.94. The third-order valence-corrected chi connectivity index (χ3v) is 4.01. The van der Waals surface area contributed by atoms with E-state index in [1.165, 1.54) is 4.88 Å². The molecule has 1 atom stereocenters. The Bertz CT molecular complexity index is 552. The van der Waals surface area contributed by atoms with Crippen molar-refractivity contribution in [2.75, 3.05) is 11.9 Å². The maximum absolute atomic E-state index is 12.0. The van der Waals surface area contributed by atoms with Gasteiger partial charge < -0.3 is 15.4 Å². The van der Waals surface area contributed by atoms with Gasteiger partial charge in [-0.1, -0.05) is 13.0 Å². The van der Waals surface area contributed by atoms with Crippen molar-refractivity contribution in [2.24, 2.45) is 0 Å².